The fourth-order valence-corrected chi connectivity index (χ4v) is 12.1. The summed E-state index contributed by atoms with van der Waals surface area (Å²) in [6, 6.07) is 10.5. The van der Waals surface area contributed by atoms with Gasteiger partial charge in [-0.15, -0.1) is 0 Å². The molecule has 4 saturated heterocycles. The summed E-state index contributed by atoms with van der Waals surface area (Å²) in [4.78, 5) is 68.7. The molecule has 3 amide bonds. The summed E-state index contributed by atoms with van der Waals surface area (Å²) in [5, 5.41) is 14.6. The highest BCUT2D eigenvalue weighted by Gasteiger charge is 2.37. The van der Waals surface area contributed by atoms with E-state index in [1.165, 1.54) is 16.8 Å². The molecule has 9 rings (SSSR count). The summed E-state index contributed by atoms with van der Waals surface area (Å²) in [5.41, 5.74) is 4.06. The van der Waals surface area contributed by atoms with Gasteiger partial charge in [-0.1, -0.05) is 6.92 Å². The zero-order valence-electron chi connectivity index (χ0n) is 40.5. The number of rotatable bonds is 12. The summed E-state index contributed by atoms with van der Waals surface area (Å²) in [5.74, 6) is -2.58. The van der Waals surface area contributed by atoms with E-state index < -0.39 is 36.5 Å². The average Bonchev–Trinajstić information content (AvgIpc) is 3.84. The van der Waals surface area contributed by atoms with E-state index in [2.05, 4.69) is 54.9 Å². The van der Waals surface area contributed by atoms with Crippen LogP contribution in [0.15, 0.2) is 53.6 Å². The summed E-state index contributed by atoms with van der Waals surface area (Å²) >= 11 is 0. The van der Waals surface area contributed by atoms with E-state index >= 15 is 8.78 Å². The SMILES string of the molecule is CCc1cc(Nc2ncc(C)c(Nc3ccc4c(=O)n(C)ncc4c3P(C)(C)=O)n2)c(OC)cc1N1CCC(N2CCN(C(=O)[C@@H]3CCN(c4cc(F)c([C@H]5CCC(=O)NC5=O)c(F)c4)C3)CC2)CC1. The molecule has 20 heteroatoms. The van der Waals surface area contributed by atoms with Crippen LogP contribution < -0.4 is 41.4 Å². The molecule has 0 saturated carbocycles. The highest BCUT2D eigenvalue weighted by atomic mass is 31.2. The number of anilines is 6. The van der Waals surface area contributed by atoms with Crippen LogP contribution in [0, 0.1) is 24.5 Å². The van der Waals surface area contributed by atoms with E-state index in [1.54, 1.807) is 52.0 Å². The molecule has 0 unspecified atom stereocenters. The number of piperidine rings is 2. The van der Waals surface area contributed by atoms with Crippen molar-refractivity contribution in [1.82, 2.24) is 34.9 Å². The van der Waals surface area contributed by atoms with Gasteiger partial charge >= 0.3 is 0 Å². The Morgan fingerprint density at radius 2 is 1.60 bits per heavy atom. The fourth-order valence-electron chi connectivity index (χ4n) is 10.6. The molecular weight excluding hydrogens is 920 g/mol. The van der Waals surface area contributed by atoms with Gasteiger partial charge in [-0.2, -0.15) is 10.1 Å². The van der Waals surface area contributed by atoms with Crippen LogP contribution >= 0.6 is 7.14 Å². The molecule has 370 valence electrons. The van der Waals surface area contributed by atoms with Crippen molar-refractivity contribution < 1.29 is 32.5 Å². The minimum Gasteiger partial charge on any atom is -0.494 e. The van der Waals surface area contributed by atoms with E-state index in [1.807, 2.05) is 16.7 Å². The number of imide groups is 1. The van der Waals surface area contributed by atoms with Crippen LogP contribution in [0.2, 0.25) is 0 Å². The van der Waals surface area contributed by atoms with Crippen molar-refractivity contribution in [2.45, 2.75) is 64.3 Å². The van der Waals surface area contributed by atoms with E-state index in [0.717, 1.165) is 62.3 Å². The normalized spacial score (nSPS) is 19.5. The van der Waals surface area contributed by atoms with Gasteiger partial charge in [0.1, 0.15) is 30.3 Å². The van der Waals surface area contributed by atoms with Crippen LogP contribution in [0.5, 0.6) is 5.75 Å². The van der Waals surface area contributed by atoms with Crippen molar-refractivity contribution in [1.29, 1.82) is 0 Å². The zero-order valence-corrected chi connectivity index (χ0v) is 41.4. The number of amides is 3. The van der Waals surface area contributed by atoms with Crippen molar-refractivity contribution in [3.8, 4) is 5.75 Å². The van der Waals surface area contributed by atoms with Crippen LogP contribution in [0.25, 0.3) is 10.8 Å². The number of fused-ring (bicyclic) bond motifs is 1. The molecule has 0 radical (unpaired) electrons. The first-order valence-electron chi connectivity index (χ1n) is 24.0. The Morgan fingerprint density at radius 3 is 2.27 bits per heavy atom. The van der Waals surface area contributed by atoms with E-state index in [0.29, 0.717) is 89.3 Å². The number of piperazine rings is 1. The number of carbonyl (C=O) groups excluding carboxylic acids is 3. The minimum atomic E-state index is -2.90. The predicted molar refractivity (Wildman–Crippen MR) is 267 cm³/mol. The lowest BCUT2D eigenvalue weighted by molar-refractivity contribution is -0.137. The van der Waals surface area contributed by atoms with Gasteiger partial charge < -0.3 is 34.6 Å². The van der Waals surface area contributed by atoms with Gasteiger partial charge in [-0.05, 0) is 88.3 Å². The van der Waals surface area contributed by atoms with Crippen molar-refractivity contribution >= 4 is 75.5 Å². The Labute approximate surface area is 405 Å². The number of halogens is 2. The number of benzene rings is 3. The first-order valence-corrected chi connectivity index (χ1v) is 26.6. The molecule has 0 spiro atoms. The third-order valence-corrected chi connectivity index (χ3v) is 16.0. The van der Waals surface area contributed by atoms with Crippen LogP contribution in [0.3, 0.4) is 0 Å². The molecule has 4 fully saturated rings. The summed E-state index contributed by atoms with van der Waals surface area (Å²) in [6.07, 6.45) is 6.67. The number of aromatic nitrogens is 4. The van der Waals surface area contributed by atoms with Crippen molar-refractivity contribution in [3.63, 3.8) is 0 Å². The Morgan fingerprint density at radius 1 is 0.886 bits per heavy atom. The molecule has 4 aliphatic heterocycles. The van der Waals surface area contributed by atoms with Crippen LogP contribution in [-0.2, 0) is 32.4 Å². The van der Waals surface area contributed by atoms with Gasteiger partial charge in [0.15, 0.2) is 0 Å². The second kappa shape index (κ2) is 19.7. The lowest BCUT2D eigenvalue weighted by Crippen LogP contribution is -2.55. The Bertz CT molecular complexity index is 2960. The molecule has 6 heterocycles. The largest absolute Gasteiger partial charge is 0.494 e. The number of nitrogens with one attached hydrogen (secondary N) is 3. The molecule has 2 aromatic heterocycles. The molecule has 70 heavy (non-hydrogen) atoms. The molecule has 5 aromatic rings. The molecule has 3 aromatic carbocycles. The highest BCUT2D eigenvalue weighted by molar-refractivity contribution is 7.71. The molecule has 4 aliphatic rings. The molecular formula is C50H60F2N11O6P. The standard InChI is InChI=1S/C50H60F2N11O6P/c1-7-30-22-40(56-50-53-26-29(2)46(58-50)55-39-10-8-34-36(45(39)70(5,6)68)27-54-59(3)49(34)67)42(69-4)25-41(30)61-16-13-32(14-17-61)60-18-20-62(21-19-60)48(66)31-12-15-63(28-31)33-23-37(51)44(38(52)24-33)35-9-11-43(64)57-47(35)65/h8,10,22-27,31-32,35H,7,9,11-21,28H2,1-6H3,(H,57,64,65)(H2,53,55,56,58)/t31-,35-/m1/s1. The monoisotopic (exact) mass is 979 g/mol. The van der Waals surface area contributed by atoms with E-state index in [9.17, 15) is 23.7 Å². The summed E-state index contributed by atoms with van der Waals surface area (Å²) in [6.45, 7) is 12.7. The average molecular weight is 980 g/mol. The number of carbonyl (C=O) groups is 3. The number of methoxy groups -OCH3 is 1. The summed E-state index contributed by atoms with van der Waals surface area (Å²) < 4.78 is 51.5. The summed E-state index contributed by atoms with van der Waals surface area (Å²) in [7, 11) is 0.324. The number of hydrogen-bond donors (Lipinski definition) is 3. The van der Waals surface area contributed by atoms with Crippen molar-refractivity contribution in [2.24, 2.45) is 13.0 Å². The number of aryl methyl sites for hydroxylation is 3. The van der Waals surface area contributed by atoms with Crippen molar-refractivity contribution in [2.75, 3.05) is 93.2 Å². The topological polar surface area (TPSA) is 187 Å². The van der Waals surface area contributed by atoms with Gasteiger partial charge in [0.2, 0.25) is 23.7 Å². The second-order valence-electron chi connectivity index (χ2n) is 19.2. The quantitative estimate of drug-likeness (QED) is 0.101. The van der Waals surface area contributed by atoms with Crippen LogP contribution in [0.4, 0.5) is 43.3 Å². The molecule has 0 aliphatic carbocycles. The Hall–Kier alpha value is -6.46. The maximum absolute atomic E-state index is 15.3. The minimum absolute atomic E-state index is 0.0223. The van der Waals surface area contributed by atoms with Gasteiger partial charge in [0.25, 0.3) is 5.56 Å². The second-order valence-corrected chi connectivity index (χ2v) is 22.3. The Balaban J connectivity index is 0.800. The van der Waals surface area contributed by atoms with Crippen LogP contribution in [0.1, 0.15) is 61.6 Å². The highest BCUT2D eigenvalue weighted by Crippen LogP contribution is 2.42. The first kappa shape index (κ1) is 48.6. The predicted octanol–water partition coefficient (Wildman–Crippen LogP) is 5.78. The molecule has 0 bridgehead atoms. The zero-order chi connectivity index (χ0) is 49.6. The maximum Gasteiger partial charge on any atom is 0.274 e. The van der Waals surface area contributed by atoms with Crippen LogP contribution in [-0.4, -0.2) is 126 Å². The van der Waals surface area contributed by atoms with E-state index in [4.69, 9.17) is 9.72 Å². The fraction of sp³-hybridized carbons (Fsp3) is 0.460. The number of ether oxygens (including phenoxy) is 1. The first-order chi connectivity index (χ1) is 33.5. The molecule has 2 atom stereocenters. The molecule has 17 nitrogen and oxygen atoms in total. The smallest absolute Gasteiger partial charge is 0.274 e. The van der Waals surface area contributed by atoms with Gasteiger partial charge in [0, 0.05) is 117 Å². The van der Waals surface area contributed by atoms with Gasteiger partial charge in [0.05, 0.1) is 41.9 Å². The number of hydrogen-bond acceptors (Lipinski definition) is 14. The maximum atomic E-state index is 15.3. The molecule has 3 N–H and O–H groups in total. The van der Waals surface area contributed by atoms with Gasteiger partial charge in [-0.3, -0.25) is 29.4 Å². The lowest BCUT2D eigenvalue weighted by atomic mass is 9.89. The lowest BCUT2D eigenvalue weighted by Gasteiger charge is -2.44. The third-order valence-electron chi connectivity index (χ3n) is 14.4. The van der Waals surface area contributed by atoms with E-state index in [-0.39, 0.29) is 35.8 Å². The van der Waals surface area contributed by atoms with Gasteiger partial charge in [-0.25, -0.2) is 18.4 Å². The third kappa shape index (κ3) is 9.69. The number of nitrogens with zero attached hydrogens (tertiary/aromatic N) is 8. The van der Waals surface area contributed by atoms with Crippen molar-refractivity contribution in [3.05, 3.63) is 87.5 Å². The Kier molecular flexibility index (Phi) is 13.7.